The molecule has 0 aromatic heterocycles. The summed E-state index contributed by atoms with van der Waals surface area (Å²) in [5.41, 5.74) is 5.40. The van der Waals surface area contributed by atoms with Gasteiger partial charge in [-0.1, -0.05) is 13.8 Å². The fraction of sp³-hybridized carbons (Fsp3) is 0.846. The third-order valence-electron chi connectivity index (χ3n) is 3.13. The first kappa shape index (κ1) is 19.7. The summed E-state index contributed by atoms with van der Waals surface area (Å²) < 4.78 is 35.8. The second kappa shape index (κ2) is 8.21. The van der Waals surface area contributed by atoms with Gasteiger partial charge in [-0.15, -0.1) is 0 Å². The molecule has 0 aromatic carbocycles. The monoisotopic (exact) mass is 311 g/mol. The SMILES string of the molecule is CN(CC(=O)NCC(F)(F)F)C(=O)CCC(C)(C)CCN. The van der Waals surface area contributed by atoms with E-state index in [2.05, 4.69) is 0 Å². The predicted octanol–water partition coefficient (Wildman–Crippen LogP) is 1.28. The molecule has 0 heterocycles. The highest BCUT2D eigenvalue weighted by Gasteiger charge is 2.28. The van der Waals surface area contributed by atoms with E-state index in [-0.39, 0.29) is 24.3 Å². The first-order valence-corrected chi connectivity index (χ1v) is 6.74. The zero-order valence-corrected chi connectivity index (χ0v) is 12.7. The lowest BCUT2D eigenvalue weighted by Crippen LogP contribution is -2.41. The summed E-state index contributed by atoms with van der Waals surface area (Å²) in [6.45, 7) is 2.73. The van der Waals surface area contributed by atoms with Gasteiger partial charge in [0, 0.05) is 13.5 Å². The Hall–Kier alpha value is -1.31. The molecule has 0 aliphatic rings. The summed E-state index contributed by atoms with van der Waals surface area (Å²) in [6, 6.07) is 0. The van der Waals surface area contributed by atoms with Crippen molar-refractivity contribution in [1.29, 1.82) is 0 Å². The Bertz CT molecular complexity index is 357. The lowest BCUT2D eigenvalue weighted by Gasteiger charge is -2.25. The second-order valence-corrected chi connectivity index (χ2v) is 5.84. The molecule has 0 atom stereocenters. The quantitative estimate of drug-likeness (QED) is 0.709. The van der Waals surface area contributed by atoms with Gasteiger partial charge in [0.15, 0.2) is 0 Å². The van der Waals surface area contributed by atoms with Crippen molar-refractivity contribution in [3.63, 3.8) is 0 Å². The Morgan fingerprint density at radius 1 is 1.19 bits per heavy atom. The zero-order chi connectivity index (χ0) is 16.7. The number of nitrogens with zero attached hydrogens (tertiary/aromatic N) is 1. The van der Waals surface area contributed by atoms with Crippen LogP contribution in [0.15, 0.2) is 0 Å². The van der Waals surface area contributed by atoms with Gasteiger partial charge in [0.25, 0.3) is 0 Å². The van der Waals surface area contributed by atoms with Crippen LogP contribution in [-0.4, -0.2) is 49.6 Å². The molecule has 124 valence electrons. The molecule has 0 spiro atoms. The van der Waals surface area contributed by atoms with Gasteiger partial charge >= 0.3 is 6.18 Å². The fourth-order valence-electron chi connectivity index (χ4n) is 1.71. The molecule has 0 aliphatic carbocycles. The molecule has 0 rings (SSSR count). The summed E-state index contributed by atoms with van der Waals surface area (Å²) in [4.78, 5) is 24.2. The van der Waals surface area contributed by atoms with Gasteiger partial charge in [-0.25, -0.2) is 0 Å². The molecule has 8 heteroatoms. The lowest BCUT2D eigenvalue weighted by molar-refractivity contribution is -0.141. The number of alkyl halides is 3. The summed E-state index contributed by atoms with van der Waals surface area (Å²) in [5.74, 6) is -1.10. The van der Waals surface area contributed by atoms with Gasteiger partial charge in [0.1, 0.15) is 6.54 Å². The molecular formula is C13H24F3N3O2. The summed E-state index contributed by atoms with van der Waals surface area (Å²) >= 11 is 0. The molecule has 3 N–H and O–H groups in total. The van der Waals surface area contributed by atoms with Crippen molar-refractivity contribution in [3.05, 3.63) is 0 Å². The molecule has 0 radical (unpaired) electrons. The van der Waals surface area contributed by atoms with Crippen molar-refractivity contribution >= 4 is 11.8 Å². The fourth-order valence-corrected chi connectivity index (χ4v) is 1.71. The van der Waals surface area contributed by atoms with Crippen molar-refractivity contribution in [2.45, 2.75) is 39.3 Å². The minimum absolute atomic E-state index is 0.0796. The van der Waals surface area contributed by atoms with Crippen molar-refractivity contribution in [1.82, 2.24) is 10.2 Å². The van der Waals surface area contributed by atoms with Crippen LogP contribution in [0.2, 0.25) is 0 Å². The largest absolute Gasteiger partial charge is 0.405 e. The lowest BCUT2D eigenvalue weighted by atomic mass is 9.84. The smallest absolute Gasteiger partial charge is 0.345 e. The average molecular weight is 311 g/mol. The van der Waals surface area contributed by atoms with E-state index < -0.39 is 18.6 Å². The van der Waals surface area contributed by atoms with Crippen LogP contribution in [0, 0.1) is 5.41 Å². The van der Waals surface area contributed by atoms with Crippen molar-refractivity contribution < 1.29 is 22.8 Å². The number of carbonyl (C=O) groups excluding carboxylic acids is 2. The molecule has 2 amide bonds. The van der Waals surface area contributed by atoms with Crippen molar-refractivity contribution in [3.8, 4) is 0 Å². The van der Waals surface area contributed by atoms with E-state index in [0.717, 1.165) is 11.3 Å². The van der Waals surface area contributed by atoms with Crippen LogP contribution < -0.4 is 11.1 Å². The van der Waals surface area contributed by atoms with Crippen molar-refractivity contribution in [2.75, 3.05) is 26.7 Å². The number of hydrogen-bond donors (Lipinski definition) is 2. The average Bonchev–Trinajstić information content (AvgIpc) is 2.32. The molecule has 0 saturated carbocycles. The maximum Gasteiger partial charge on any atom is 0.405 e. The summed E-state index contributed by atoms with van der Waals surface area (Å²) in [6.07, 6.45) is -2.84. The number of rotatable bonds is 8. The van der Waals surface area contributed by atoms with Gasteiger partial charge in [0.2, 0.25) is 11.8 Å². The minimum Gasteiger partial charge on any atom is -0.345 e. The maximum atomic E-state index is 11.9. The first-order valence-electron chi connectivity index (χ1n) is 6.74. The zero-order valence-electron chi connectivity index (χ0n) is 12.7. The molecule has 0 aliphatic heterocycles. The normalized spacial score (nSPS) is 12.1. The molecular weight excluding hydrogens is 287 g/mol. The van der Waals surface area contributed by atoms with Gasteiger partial charge < -0.3 is 16.0 Å². The van der Waals surface area contributed by atoms with Crippen LogP contribution >= 0.6 is 0 Å². The summed E-state index contributed by atoms with van der Waals surface area (Å²) in [7, 11) is 1.39. The van der Waals surface area contributed by atoms with Gasteiger partial charge in [0.05, 0.1) is 6.54 Å². The molecule has 0 bridgehead atoms. The van der Waals surface area contributed by atoms with E-state index in [9.17, 15) is 22.8 Å². The Kier molecular flexibility index (Phi) is 7.70. The standard InChI is InChI=1S/C13H24F3N3O2/c1-12(2,6-7-17)5-4-11(21)19(3)8-10(20)18-9-13(14,15)16/h4-9,17H2,1-3H3,(H,18,20). The molecule has 0 fully saturated rings. The number of likely N-dealkylation sites (N-methyl/N-ethyl adjacent to an activating group) is 1. The molecule has 5 nitrogen and oxygen atoms in total. The van der Waals surface area contributed by atoms with Crippen LogP contribution in [0.1, 0.15) is 33.1 Å². The number of hydrogen-bond acceptors (Lipinski definition) is 3. The molecule has 0 aromatic rings. The van der Waals surface area contributed by atoms with E-state index in [0.29, 0.717) is 13.0 Å². The Balaban J connectivity index is 4.13. The topological polar surface area (TPSA) is 75.4 Å². The number of amides is 2. The van der Waals surface area contributed by atoms with Crippen LogP contribution in [0.25, 0.3) is 0 Å². The van der Waals surface area contributed by atoms with E-state index in [4.69, 9.17) is 5.73 Å². The molecule has 0 unspecified atom stereocenters. The number of nitrogens with one attached hydrogen (secondary N) is 1. The van der Waals surface area contributed by atoms with Gasteiger partial charge in [-0.2, -0.15) is 13.2 Å². The number of nitrogens with two attached hydrogens (primary N) is 1. The van der Waals surface area contributed by atoms with Crippen LogP contribution in [0.5, 0.6) is 0 Å². The van der Waals surface area contributed by atoms with Crippen LogP contribution in [-0.2, 0) is 9.59 Å². The third-order valence-corrected chi connectivity index (χ3v) is 3.13. The highest BCUT2D eigenvalue weighted by Crippen LogP contribution is 2.26. The Morgan fingerprint density at radius 2 is 1.76 bits per heavy atom. The van der Waals surface area contributed by atoms with Gasteiger partial charge in [-0.3, -0.25) is 9.59 Å². The molecule has 21 heavy (non-hydrogen) atoms. The third kappa shape index (κ3) is 10.1. The highest BCUT2D eigenvalue weighted by atomic mass is 19.4. The van der Waals surface area contributed by atoms with Crippen molar-refractivity contribution in [2.24, 2.45) is 11.1 Å². The van der Waals surface area contributed by atoms with Gasteiger partial charge in [-0.05, 0) is 24.8 Å². The summed E-state index contributed by atoms with van der Waals surface area (Å²) in [5, 5.41) is 1.73. The Labute approximate surface area is 123 Å². The Morgan fingerprint density at radius 3 is 2.24 bits per heavy atom. The van der Waals surface area contributed by atoms with E-state index in [1.807, 2.05) is 13.8 Å². The van der Waals surface area contributed by atoms with E-state index >= 15 is 0 Å². The maximum absolute atomic E-state index is 11.9. The second-order valence-electron chi connectivity index (χ2n) is 5.84. The first-order chi connectivity index (χ1) is 9.47. The minimum atomic E-state index is -4.45. The predicted molar refractivity (Wildman–Crippen MR) is 73.4 cm³/mol. The van der Waals surface area contributed by atoms with Crippen LogP contribution in [0.3, 0.4) is 0 Å². The number of halogens is 3. The van der Waals surface area contributed by atoms with Crippen LogP contribution in [0.4, 0.5) is 13.2 Å². The highest BCUT2D eigenvalue weighted by molar-refractivity contribution is 5.84. The molecule has 0 saturated heterocycles. The van der Waals surface area contributed by atoms with E-state index in [1.54, 1.807) is 5.32 Å². The van der Waals surface area contributed by atoms with E-state index in [1.165, 1.54) is 7.05 Å². The number of carbonyl (C=O) groups is 2.